The van der Waals surface area contributed by atoms with Gasteiger partial charge in [-0.2, -0.15) is 0 Å². The molecule has 0 aliphatic rings. The Hall–Kier alpha value is -2.62. The lowest BCUT2D eigenvalue weighted by Crippen LogP contribution is -2.11. The number of hydrogen-bond donors (Lipinski definition) is 1. The van der Waals surface area contributed by atoms with Crippen LogP contribution in [-0.4, -0.2) is 15.5 Å². The average molecular weight is 265 g/mol. The molecule has 20 heavy (non-hydrogen) atoms. The van der Waals surface area contributed by atoms with Gasteiger partial charge in [0.05, 0.1) is 17.4 Å². The molecular weight excluding hydrogens is 250 g/mol. The monoisotopic (exact) mass is 265 g/mol. The molecule has 0 aliphatic carbocycles. The molecule has 0 unspecified atom stereocenters. The predicted molar refractivity (Wildman–Crippen MR) is 78.5 cm³/mol. The van der Waals surface area contributed by atoms with Gasteiger partial charge in [-0.1, -0.05) is 18.2 Å². The third-order valence-electron chi connectivity index (χ3n) is 3.50. The van der Waals surface area contributed by atoms with Crippen molar-refractivity contribution >= 4 is 16.9 Å². The lowest BCUT2D eigenvalue weighted by atomic mass is 10.0. The summed E-state index contributed by atoms with van der Waals surface area (Å²) < 4.78 is 2.10. The van der Waals surface area contributed by atoms with Crippen molar-refractivity contribution in [1.29, 1.82) is 0 Å². The summed E-state index contributed by atoms with van der Waals surface area (Å²) in [5.74, 6) is -0.396. The minimum absolute atomic E-state index is 0.396. The van der Waals surface area contributed by atoms with Crippen molar-refractivity contribution in [2.45, 2.75) is 13.5 Å². The van der Waals surface area contributed by atoms with E-state index in [-0.39, 0.29) is 0 Å². The van der Waals surface area contributed by atoms with Crippen molar-refractivity contribution in [2.24, 2.45) is 5.73 Å². The maximum Gasteiger partial charge on any atom is 0.248 e. The molecule has 0 spiro atoms. The normalized spacial score (nSPS) is 10.8. The topological polar surface area (TPSA) is 60.9 Å². The van der Waals surface area contributed by atoms with Crippen LogP contribution in [0.3, 0.4) is 0 Å². The van der Waals surface area contributed by atoms with Crippen LogP contribution in [0.4, 0.5) is 0 Å². The number of nitrogens with two attached hydrogens (primary N) is 1. The standard InChI is InChI=1S/C16H15N3O/c1-11-8-12(16(17)20)6-7-13(11)9-19-10-18-14-4-2-3-5-15(14)19/h2-8,10H,9H2,1H3,(H2,17,20). The zero-order valence-corrected chi connectivity index (χ0v) is 11.2. The average Bonchev–Trinajstić information content (AvgIpc) is 2.84. The highest BCUT2D eigenvalue weighted by atomic mass is 16.1. The molecule has 100 valence electrons. The van der Waals surface area contributed by atoms with Crippen molar-refractivity contribution in [3.05, 3.63) is 65.5 Å². The van der Waals surface area contributed by atoms with Gasteiger partial charge in [0.15, 0.2) is 0 Å². The highest BCUT2D eigenvalue weighted by Crippen LogP contribution is 2.17. The first-order valence-electron chi connectivity index (χ1n) is 6.44. The number of aryl methyl sites for hydroxylation is 1. The van der Waals surface area contributed by atoms with E-state index in [0.717, 1.165) is 28.7 Å². The minimum Gasteiger partial charge on any atom is -0.366 e. The number of benzene rings is 2. The molecule has 0 bridgehead atoms. The number of rotatable bonds is 3. The van der Waals surface area contributed by atoms with E-state index in [9.17, 15) is 4.79 Å². The van der Waals surface area contributed by atoms with Gasteiger partial charge in [-0.15, -0.1) is 0 Å². The van der Waals surface area contributed by atoms with Gasteiger partial charge in [0, 0.05) is 12.1 Å². The fourth-order valence-electron chi connectivity index (χ4n) is 2.35. The molecule has 2 aromatic carbocycles. The van der Waals surface area contributed by atoms with E-state index in [1.165, 1.54) is 0 Å². The molecule has 4 nitrogen and oxygen atoms in total. The van der Waals surface area contributed by atoms with Gasteiger partial charge >= 0.3 is 0 Å². The maximum absolute atomic E-state index is 11.2. The molecule has 1 amide bonds. The fraction of sp³-hybridized carbons (Fsp3) is 0.125. The number of fused-ring (bicyclic) bond motifs is 1. The van der Waals surface area contributed by atoms with Crippen molar-refractivity contribution in [2.75, 3.05) is 0 Å². The molecule has 4 heteroatoms. The fourth-order valence-corrected chi connectivity index (χ4v) is 2.35. The number of hydrogen-bond acceptors (Lipinski definition) is 2. The van der Waals surface area contributed by atoms with Crippen molar-refractivity contribution in [3.8, 4) is 0 Å². The molecule has 3 aromatic rings. The van der Waals surface area contributed by atoms with Crippen LogP contribution in [0.5, 0.6) is 0 Å². The molecule has 0 fully saturated rings. The van der Waals surface area contributed by atoms with Crippen LogP contribution < -0.4 is 5.73 Å². The Morgan fingerprint density at radius 3 is 2.80 bits per heavy atom. The summed E-state index contributed by atoms with van der Waals surface area (Å²) >= 11 is 0. The second-order valence-electron chi connectivity index (χ2n) is 4.87. The lowest BCUT2D eigenvalue weighted by molar-refractivity contribution is 0.1000. The smallest absolute Gasteiger partial charge is 0.248 e. The Bertz CT molecular complexity index is 789. The van der Waals surface area contributed by atoms with Crippen molar-refractivity contribution < 1.29 is 4.79 Å². The molecular formula is C16H15N3O. The molecule has 1 heterocycles. The van der Waals surface area contributed by atoms with E-state index >= 15 is 0 Å². The number of para-hydroxylation sites is 2. The summed E-state index contributed by atoms with van der Waals surface area (Å²) in [5.41, 5.74) is 10.1. The number of nitrogens with zero attached hydrogens (tertiary/aromatic N) is 2. The van der Waals surface area contributed by atoms with Gasteiger partial charge < -0.3 is 10.3 Å². The second-order valence-corrected chi connectivity index (χ2v) is 4.87. The molecule has 0 aliphatic heterocycles. The van der Waals surface area contributed by atoms with Crippen LogP contribution in [0.15, 0.2) is 48.8 Å². The Morgan fingerprint density at radius 1 is 1.25 bits per heavy atom. The SMILES string of the molecule is Cc1cc(C(N)=O)ccc1Cn1cnc2ccccc21. The van der Waals surface area contributed by atoms with Crippen LogP contribution >= 0.6 is 0 Å². The molecule has 0 radical (unpaired) electrons. The van der Waals surface area contributed by atoms with Crippen molar-refractivity contribution in [1.82, 2.24) is 9.55 Å². The molecule has 0 saturated heterocycles. The van der Waals surface area contributed by atoms with Gasteiger partial charge in [-0.05, 0) is 42.3 Å². The zero-order valence-electron chi connectivity index (χ0n) is 11.2. The minimum atomic E-state index is -0.396. The summed E-state index contributed by atoms with van der Waals surface area (Å²) in [7, 11) is 0. The van der Waals surface area contributed by atoms with Crippen LogP contribution in [0, 0.1) is 6.92 Å². The third-order valence-corrected chi connectivity index (χ3v) is 3.50. The first-order valence-corrected chi connectivity index (χ1v) is 6.44. The van der Waals surface area contributed by atoms with Crippen LogP contribution in [0.25, 0.3) is 11.0 Å². The summed E-state index contributed by atoms with van der Waals surface area (Å²) in [6.45, 7) is 2.71. The second kappa shape index (κ2) is 4.81. The summed E-state index contributed by atoms with van der Waals surface area (Å²) in [4.78, 5) is 15.5. The van der Waals surface area contributed by atoms with Gasteiger partial charge in [0.1, 0.15) is 0 Å². The van der Waals surface area contributed by atoms with Gasteiger partial charge in [-0.3, -0.25) is 4.79 Å². The Labute approximate surface area is 116 Å². The van der Waals surface area contributed by atoms with Gasteiger partial charge in [0.25, 0.3) is 0 Å². The highest BCUT2D eigenvalue weighted by Gasteiger charge is 2.07. The van der Waals surface area contributed by atoms with E-state index < -0.39 is 5.91 Å². The maximum atomic E-state index is 11.2. The van der Waals surface area contributed by atoms with Crippen LogP contribution in [0.1, 0.15) is 21.5 Å². The van der Waals surface area contributed by atoms with E-state index in [1.807, 2.05) is 43.6 Å². The van der Waals surface area contributed by atoms with Gasteiger partial charge in [-0.25, -0.2) is 4.98 Å². The first kappa shape index (κ1) is 12.4. The van der Waals surface area contributed by atoms with E-state index in [4.69, 9.17) is 5.73 Å². The summed E-state index contributed by atoms with van der Waals surface area (Å²) in [5, 5.41) is 0. The number of aromatic nitrogens is 2. The Kier molecular flexibility index (Phi) is 2.99. The molecule has 2 N–H and O–H groups in total. The number of amides is 1. The van der Waals surface area contributed by atoms with Gasteiger partial charge in [0.2, 0.25) is 5.91 Å². The predicted octanol–water partition coefficient (Wildman–Crippen LogP) is 2.49. The largest absolute Gasteiger partial charge is 0.366 e. The van der Waals surface area contributed by atoms with Crippen LogP contribution in [-0.2, 0) is 6.54 Å². The van der Waals surface area contributed by atoms with E-state index in [1.54, 1.807) is 6.07 Å². The van der Waals surface area contributed by atoms with E-state index in [0.29, 0.717) is 5.56 Å². The molecule has 3 rings (SSSR count). The zero-order chi connectivity index (χ0) is 14.1. The quantitative estimate of drug-likeness (QED) is 0.791. The number of imidazole rings is 1. The third kappa shape index (κ3) is 2.16. The van der Waals surface area contributed by atoms with Crippen molar-refractivity contribution in [3.63, 3.8) is 0 Å². The van der Waals surface area contributed by atoms with E-state index in [2.05, 4.69) is 15.6 Å². The summed E-state index contributed by atoms with van der Waals surface area (Å²) in [6.07, 6.45) is 1.84. The number of carbonyl (C=O) groups is 1. The molecule has 0 saturated carbocycles. The Morgan fingerprint density at radius 2 is 2.05 bits per heavy atom. The van der Waals surface area contributed by atoms with Crippen LogP contribution in [0.2, 0.25) is 0 Å². The lowest BCUT2D eigenvalue weighted by Gasteiger charge is -2.09. The number of primary amides is 1. The molecule has 1 aromatic heterocycles. The summed E-state index contributed by atoms with van der Waals surface area (Å²) in [6, 6.07) is 13.6. The highest BCUT2D eigenvalue weighted by molar-refractivity contribution is 5.93. The number of carbonyl (C=O) groups excluding carboxylic acids is 1. The first-order chi connectivity index (χ1) is 9.65. The molecule has 0 atom stereocenters. The Balaban J connectivity index is 1.97.